The molecule has 0 saturated carbocycles. The van der Waals surface area contributed by atoms with Gasteiger partial charge in [-0.05, 0) is 24.8 Å². The Morgan fingerprint density at radius 3 is 2.00 bits per heavy atom. The third-order valence-electron chi connectivity index (χ3n) is 3.11. The van der Waals surface area contributed by atoms with Gasteiger partial charge in [0.1, 0.15) is 5.41 Å². The molecule has 0 atom stereocenters. The smallest absolute Gasteiger partial charge is 0.144 e. The Morgan fingerprint density at radius 2 is 1.67 bits per heavy atom. The van der Waals surface area contributed by atoms with Crippen LogP contribution < -0.4 is 5.73 Å². The minimum Gasteiger partial charge on any atom is -0.358 e. The molecule has 15 heavy (non-hydrogen) atoms. The molecule has 0 radical (unpaired) electrons. The number of methoxy groups -OCH3 is 2. The third-order valence-corrected chi connectivity index (χ3v) is 5.30. The molecular weight excluding hydrogens is 206 g/mol. The molecule has 0 spiro atoms. The first-order valence-corrected chi connectivity index (χ1v) is 7.46. The van der Waals surface area contributed by atoms with E-state index in [9.17, 15) is 0 Å². The Labute approximate surface area is 96.5 Å². The maximum atomic E-state index is 5.72. The molecule has 0 rings (SSSR count). The molecular formula is C11H27NO2Si. The first-order valence-electron chi connectivity index (χ1n) is 5.75. The van der Waals surface area contributed by atoms with Crippen LogP contribution in [0.25, 0.3) is 0 Å². The fourth-order valence-corrected chi connectivity index (χ4v) is 3.23. The van der Waals surface area contributed by atoms with Crippen LogP contribution in [-0.4, -0.2) is 35.7 Å². The molecule has 0 aliphatic carbocycles. The highest BCUT2D eigenvalue weighted by atomic mass is 28.2. The van der Waals surface area contributed by atoms with Crippen LogP contribution in [0.3, 0.4) is 0 Å². The van der Waals surface area contributed by atoms with Gasteiger partial charge in [-0.3, -0.25) is 0 Å². The van der Waals surface area contributed by atoms with Crippen LogP contribution in [0.5, 0.6) is 0 Å². The Bertz CT molecular complexity index is 170. The minimum atomic E-state index is -0.333. The number of hydrogen-bond acceptors (Lipinski definition) is 3. The van der Waals surface area contributed by atoms with Crippen molar-refractivity contribution in [2.75, 3.05) is 20.8 Å². The molecule has 4 heteroatoms. The van der Waals surface area contributed by atoms with Crippen LogP contribution in [0.1, 0.15) is 33.6 Å². The number of rotatable bonds is 8. The van der Waals surface area contributed by atoms with Crippen molar-refractivity contribution in [1.82, 2.24) is 0 Å². The summed E-state index contributed by atoms with van der Waals surface area (Å²) < 4.78 is 11.1. The lowest BCUT2D eigenvalue weighted by Crippen LogP contribution is -2.41. The molecule has 0 saturated heterocycles. The van der Waals surface area contributed by atoms with Crippen LogP contribution in [0.15, 0.2) is 0 Å². The first kappa shape index (κ1) is 15.1. The van der Waals surface area contributed by atoms with Crippen molar-refractivity contribution in [3.8, 4) is 0 Å². The summed E-state index contributed by atoms with van der Waals surface area (Å²) in [5.74, 6) is 0. The van der Waals surface area contributed by atoms with Crippen LogP contribution >= 0.6 is 0 Å². The van der Waals surface area contributed by atoms with Crippen molar-refractivity contribution in [1.29, 1.82) is 0 Å². The second kappa shape index (κ2) is 6.63. The molecule has 92 valence electrons. The van der Waals surface area contributed by atoms with E-state index in [4.69, 9.17) is 15.2 Å². The van der Waals surface area contributed by atoms with E-state index in [1.165, 1.54) is 6.04 Å². The van der Waals surface area contributed by atoms with E-state index in [1.807, 2.05) is 0 Å². The second-order valence-corrected chi connectivity index (χ2v) is 7.51. The molecule has 0 unspecified atom stereocenters. The van der Waals surface area contributed by atoms with Gasteiger partial charge in [-0.25, -0.2) is 0 Å². The maximum Gasteiger partial charge on any atom is 0.144 e. The lowest BCUT2D eigenvalue weighted by molar-refractivity contribution is -0.152. The third kappa shape index (κ3) is 5.11. The minimum absolute atomic E-state index is 0.185. The molecule has 0 aliphatic rings. The van der Waals surface area contributed by atoms with Crippen LogP contribution in [-0.2, 0) is 9.47 Å². The molecule has 0 fully saturated rings. The lowest BCUT2D eigenvalue weighted by atomic mass is 9.88. The highest BCUT2D eigenvalue weighted by molar-refractivity contribution is 6.38. The van der Waals surface area contributed by atoms with Gasteiger partial charge >= 0.3 is 0 Å². The van der Waals surface area contributed by atoms with Crippen LogP contribution in [0.2, 0.25) is 6.04 Å². The van der Waals surface area contributed by atoms with Gasteiger partial charge in [-0.15, -0.1) is 0 Å². The highest BCUT2D eigenvalue weighted by Crippen LogP contribution is 2.27. The molecule has 3 nitrogen and oxygen atoms in total. The van der Waals surface area contributed by atoms with Gasteiger partial charge in [0.25, 0.3) is 0 Å². The van der Waals surface area contributed by atoms with E-state index in [2.05, 4.69) is 20.8 Å². The molecule has 0 aromatic rings. The van der Waals surface area contributed by atoms with E-state index in [1.54, 1.807) is 14.2 Å². The predicted octanol–water partition coefficient (Wildman–Crippen LogP) is 1.31. The van der Waals surface area contributed by atoms with E-state index in [-0.39, 0.29) is 20.3 Å². The maximum absolute atomic E-state index is 5.72. The zero-order chi connectivity index (χ0) is 11.9. The SMILES string of the molecule is CC[SiH2]C(CCC(C)(C)CN)(OC)OC. The zero-order valence-corrected chi connectivity index (χ0v) is 12.3. The zero-order valence-electron chi connectivity index (χ0n) is 10.9. The van der Waals surface area contributed by atoms with Gasteiger partial charge in [0.2, 0.25) is 0 Å². The molecule has 0 bridgehead atoms. The summed E-state index contributed by atoms with van der Waals surface area (Å²) in [5, 5.41) is 0. The fourth-order valence-electron chi connectivity index (χ4n) is 1.63. The molecule has 0 aliphatic heterocycles. The van der Waals surface area contributed by atoms with Crippen molar-refractivity contribution in [2.24, 2.45) is 11.1 Å². The lowest BCUT2D eigenvalue weighted by Gasteiger charge is -2.34. The average molecular weight is 233 g/mol. The van der Waals surface area contributed by atoms with Crippen molar-refractivity contribution in [3.63, 3.8) is 0 Å². The summed E-state index contributed by atoms with van der Waals surface area (Å²) in [6.45, 7) is 7.30. The van der Waals surface area contributed by atoms with Gasteiger partial charge in [0, 0.05) is 14.2 Å². The number of nitrogens with two attached hydrogens (primary N) is 1. The fraction of sp³-hybridized carbons (Fsp3) is 1.00. The van der Waals surface area contributed by atoms with Gasteiger partial charge in [0.15, 0.2) is 0 Å². The van der Waals surface area contributed by atoms with Gasteiger partial charge in [-0.2, -0.15) is 0 Å². The Balaban J connectivity index is 4.28. The molecule has 0 amide bonds. The van der Waals surface area contributed by atoms with Gasteiger partial charge in [0.05, 0.1) is 9.52 Å². The summed E-state index contributed by atoms with van der Waals surface area (Å²) in [5.41, 5.74) is 5.63. The highest BCUT2D eigenvalue weighted by Gasteiger charge is 2.31. The van der Waals surface area contributed by atoms with Gasteiger partial charge < -0.3 is 15.2 Å². The molecule has 0 aromatic heterocycles. The van der Waals surface area contributed by atoms with E-state index < -0.39 is 0 Å². The largest absolute Gasteiger partial charge is 0.358 e. The molecule has 2 N–H and O–H groups in total. The van der Waals surface area contributed by atoms with Gasteiger partial charge in [-0.1, -0.05) is 26.8 Å². The average Bonchev–Trinajstić information content (AvgIpc) is 2.24. The molecule has 0 aromatic carbocycles. The first-order chi connectivity index (χ1) is 6.95. The summed E-state index contributed by atoms with van der Waals surface area (Å²) in [6, 6.07) is 1.20. The Morgan fingerprint density at radius 1 is 1.13 bits per heavy atom. The quantitative estimate of drug-likeness (QED) is 0.508. The Kier molecular flexibility index (Phi) is 6.67. The second-order valence-electron chi connectivity index (χ2n) is 4.94. The van der Waals surface area contributed by atoms with Crippen molar-refractivity contribution < 1.29 is 9.47 Å². The summed E-state index contributed by atoms with van der Waals surface area (Å²) in [4.78, 5) is 0. The summed E-state index contributed by atoms with van der Waals surface area (Å²) in [7, 11) is 3.17. The van der Waals surface area contributed by atoms with Crippen molar-refractivity contribution in [3.05, 3.63) is 0 Å². The standard InChI is InChI=1S/C11H27NO2Si/c1-6-15-11(13-4,14-5)8-7-10(2,3)9-12/h6-9,12,15H2,1-5H3. The van der Waals surface area contributed by atoms with Crippen LogP contribution in [0.4, 0.5) is 0 Å². The molecule has 0 heterocycles. The van der Waals surface area contributed by atoms with E-state index in [0.29, 0.717) is 6.54 Å². The normalized spacial score (nSPS) is 14.0. The van der Waals surface area contributed by atoms with Crippen molar-refractivity contribution >= 4 is 9.52 Å². The van der Waals surface area contributed by atoms with Crippen LogP contribution in [0, 0.1) is 5.41 Å². The topological polar surface area (TPSA) is 44.5 Å². The van der Waals surface area contributed by atoms with Crippen molar-refractivity contribution in [2.45, 2.75) is 45.1 Å². The summed E-state index contributed by atoms with van der Waals surface area (Å²) >= 11 is 0. The Hall–Kier alpha value is 0.0969. The number of ether oxygens (including phenoxy) is 2. The van der Waals surface area contributed by atoms with E-state index in [0.717, 1.165) is 12.8 Å². The number of hydrogen-bond donors (Lipinski definition) is 1. The van der Waals surface area contributed by atoms with E-state index >= 15 is 0 Å². The monoisotopic (exact) mass is 233 g/mol. The summed E-state index contributed by atoms with van der Waals surface area (Å²) in [6.07, 6.45) is 2.02. The predicted molar refractivity (Wildman–Crippen MR) is 67.8 cm³/mol.